The fraction of sp³-hybridized carbons (Fsp3) is 0.500. The highest BCUT2D eigenvalue weighted by atomic mass is 35.5. The number of hydrogen-bond acceptors (Lipinski definition) is 5. The van der Waals surface area contributed by atoms with Crippen LogP contribution in [0.1, 0.15) is 28.8 Å². The number of piperidine rings is 1. The normalized spacial score (nSPS) is 16.1. The fourth-order valence-electron chi connectivity index (χ4n) is 3.33. The number of rotatable bonds is 5. The second-order valence-electron chi connectivity index (χ2n) is 6.78. The van der Waals surface area contributed by atoms with E-state index in [-0.39, 0.29) is 34.9 Å². The van der Waals surface area contributed by atoms with Crippen molar-refractivity contribution in [3.8, 4) is 0 Å². The summed E-state index contributed by atoms with van der Waals surface area (Å²) >= 11 is 0. The summed E-state index contributed by atoms with van der Waals surface area (Å²) in [5.74, 6) is -0.388. The zero-order valence-corrected chi connectivity index (χ0v) is 15.9. The summed E-state index contributed by atoms with van der Waals surface area (Å²) < 4.78 is 6.76. The van der Waals surface area contributed by atoms with E-state index in [1.807, 2.05) is 19.1 Å². The summed E-state index contributed by atoms with van der Waals surface area (Å²) in [6.45, 7) is 4.80. The molecule has 8 heteroatoms. The molecule has 2 N–H and O–H groups in total. The Bertz CT molecular complexity index is 825. The van der Waals surface area contributed by atoms with Gasteiger partial charge in [0, 0.05) is 31.5 Å². The van der Waals surface area contributed by atoms with Crippen LogP contribution >= 0.6 is 12.4 Å². The molecule has 1 fully saturated rings. The quantitative estimate of drug-likeness (QED) is 0.813. The molecule has 0 spiro atoms. The van der Waals surface area contributed by atoms with E-state index in [1.165, 1.54) is 10.6 Å². The van der Waals surface area contributed by atoms with E-state index in [0.29, 0.717) is 18.8 Å². The minimum Gasteiger partial charge on any atom is -0.384 e. The molecular weight excluding hydrogens is 356 g/mol. The van der Waals surface area contributed by atoms with E-state index in [9.17, 15) is 9.59 Å². The largest absolute Gasteiger partial charge is 0.384 e. The first-order chi connectivity index (χ1) is 12.0. The molecule has 0 bridgehead atoms. The summed E-state index contributed by atoms with van der Waals surface area (Å²) in [7, 11) is 1.67. The Labute approximate surface area is 158 Å². The zero-order valence-electron chi connectivity index (χ0n) is 15.1. The van der Waals surface area contributed by atoms with Crippen molar-refractivity contribution in [2.45, 2.75) is 19.8 Å². The Hall–Kier alpha value is -1.96. The standard InChI is InChI=1S/C18H24N4O3.ClH/c1-13-3-8-22-15(9-13)20-10-14(17(22)24)16(23)21-11-18(12-25-2)4-6-19-7-5-18;/h3,8-10,19H,4-7,11-12H2,1-2H3,(H,21,23);1H. The summed E-state index contributed by atoms with van der Waals surface area (Å²) in [4.78, 5) is 29.3. The first-order valence-corrected chi connectivity index (χ1v) is 8.51. The maximum atomic E-state index is 12.6. The van der Waals surface area contributed by atoms with Gasteiger partial charge in [0.05, 0.1) is 6.61 Å². The van der Waals surface area contributed by atoms with Crippen LogP contribution in [0.5, 0.6) is 0 Å². The number of fused-ring (bicyclic) bond motifs is 1. The Morgan fingerprint density at radius 3 is 2.85 bits per heavy atom. The van der Waals surface area contributed by atoms with E-state index in [2.05, 4.69) is 15.6 Å². The average molecular weight is 381 g/mol. The van der Waals surface area contributed by atoms with Gasteiger partial charge in [0.1, 0.15) is 11.2 Å². The van der Waals surface area contributed by atoms with Crippen LogP contribution in [0.15, 0.2) is 29.3 Å². The number of carbonyl (C=O) groups is 1. The number of ether oxygens (including phenoxy) is 1. The van der Waals surface area contributed by atoms with Crippen molar-refractivity contribution in [1.29, 1.82) is 0 Å². The molecule has 0 aromatic carbocycles. The number of nitrogens with one attached hydrogen (secondary N) is 2. The van der Waals surface area contributed by atoms with Crippen molar-refractivity contribution >= 4 is 24.0 Å². The molecule has 3 rings (SSSR count). The molecule has 26 heavy (non-hydrogen) atoms. The second-order valence-corrected chi connectivity index (χ2v) is 6.78. The number of aromatic nitrogens is 2. The van der Waals surface area contributed by atoms with E-state index in [0.717, 1.165) is 31.5 Å². The molecule has 0 saturated carbocycles. The van der Waals surface area contributed by atoms with Crippen molar-refractivity contribution in [1.82, 2.24) is 20.0 Å². The first-order valence-electron chi connectivity index (χ1n) is 8.51. The van der Waals surface area contributed by atoms with Crippen molar-refractivity contribution in [2.75, 3.05) is 33.4 Å². The zero-order chi connectivity index (χ0) is 17.9. The van der Waals surface area contributed by atoms with Gasteiger partial charge in [-0.2, -0.15) is 0 Å². The van der Waals surface area contributed by atoms with Crippen LogP contribution in [0.25, 0.3) is 5.65 Å². The third-order valence-electron chi connectivity index (χ3n) is 4.85. The Morgan fingerprint density at radius 1 is 1.42 bits per heavy atom. The van der Waals surface area contributed by atoms with Crippen LogP contribution in [0.3, 0.4) is 0 Å². The van der Waals surface area contributed by atoms with Crippen LogP contribution in [0.4, 0.5) is 0 Å². The lowest BCUT2D eigenvalue weighted by molar-refractivity contribution is 0.0511. The molecular formula is C18H25ClN4O3. The van der Waals surface area contributed by atoms with Gasteiger partial charge in [0.2, 0.25) is 0 Å². The van der Waals surface area contributed by atoms with Crippen LogP contribution < -0.4 is 16.2 Å². The minimum atomic E-state index is -0.388. The van der Waals surface area contributed by atoms with Gasteiger partial charge in [-0.3, -0.25) is 14.0 Å². The Morgan fingerprint density at radius 2 is 2.15 bits per heavy atom. The van der Waals surface area contributed by atoms with E-state index in [1.54, 1.807) is 13.3 Å². The van der Waals surface area contributed by atoms with Gasteiger partial charge in [-0.05, 0) is 50.6 Å². The molecule has 1 aliphatic rings. The SMILES string of the molecule is COCC1(CNC(=O)c2cnc3cc(C)ccn3c2=O)CCNCC1.Cl. The predicted octanol–water partition coefficient (Wildman–Crippen LogP) is 1.17. The fourth-order valence-corrected chi connectivity index (χ4v) is 3.33. The molecule has 0 atom stereocenters. The van der Waals surface area contributed by atoms with E-state index < -0.39 is 0 Å². The minimum absolute atomic E-state index is 0. The van der Waals surface area contributed by atoms with Gasteiger partial charge >= 0.3 is 0 Å². The summed E-state index contributed by atoms with van der Waals surface area (Å²) in [5.41, 5.74) is 1.16. The number of halogens is 1. The second kappa shape index (κ2) is 8.62. The molecule has 7 nitrogen and oxygen atoms in total. The Kier molecular flexibility index (Phi) is 6.75. The number of hydrogen-bond donors (Lipinski definition) is 2. The molecule has 2 aromatic rings. The van der Waals surface area contributed by atoms with Gasteiger partial charge < -0.3 is 15.4 Å². The molecule has 142 valence electrons. The molecule has 1 aliphatic heterocycles. The molecule has 2 aromatic heterocycles. The summed E-state index contributed by atoms with van der Waals surface area (Å²) in [5, 5.41) is 6.23. The highest BCUT2D eigenvalue weighted by molar-refractivity contribution is 5.93. The van der Waals surface area contributed by atoms with Crippen molar-refractivity contribution in [2.24, 2.45) is 5.41 Å². The molecule has 0 aliphatic carbocycles. The smallest absolute Gasteiger partial charge is 0.270 e. The van der Waals surface area contributed by atoms with Crippen LogP contribution in [-0.4, -0.2) is 48.6 Å². The third kappa shape index (κ3) is 4.23. The summed E-state index contributed by atoms with van der Waals surface area (Å²) in [6.07, 6.45) is 4.86. The molecule has 1 saturated heterocycles. The molecule has 0 radical (unpaired) electrons. The molecule has 1 amide bonds. The van der Waals surface area contributed by atoms with E-state index in [4.69, 9.17) is 4.74 Å². The highest BCUT2D eigenvalue weighted by Gasteiger charge is 2.32. The molecule has 3 heterocycles. The van der Waals surface area contributed by atoms with Crippen molar-refractivity contribution < 1.29 is 9.53 Å². The van der Waals surface area contributed by atoms with Gasteiger partial charge in [-0.15, -0.1) is 12.4 Å². The van der Waals surface area contributed by atoms with Gasteiger partial charge in [0.15, 0.2) is 0 Å². The first kappa shape index (κ1) is 20.4. The molecule has 0 unspecified atom stereocenters. The highest BCUT2D eigenvalue weighted by Crippen LogP contribution is 2.28. The third-order valence-corrected chi connectivity index (χ3v) is 4.85. The van der Waals surface area contributed by atoms with Gasteiger partial charge in [0.25, 0.3) is 11.5 Å². The predicted molar refractivity (Wildman–Crippen MR) is 102 cm³/mol. The number of carbonyl (C=O) groups excluding carboxylic acids is 1. The maximum Gasteiger partial charge on any atom is 0.270 e. The van der Waals surface area contributed by atoms with Crippen LogP contribution in [-0.2, 0) is 4.74 Å². The van der Waals surface area contributed by atoms with Crippen molar-refractivity contribution in [3.05, 3.63) is 46.0 Å². The van der Waals surface area contributed by atoms with Crippen molar-refractivity contribution in [3.63, 3.8) is 0 Å². The lowest BCUT2D eigenvalue weighted by Gasteiger charge is -2.37. The lowest BCUT2D eigenvalue weighted by Crippen LogP contribution is -2.47. The maximum absolute atomic E-state index is 12.6. The van der Waals surface area contributed by atoms with E-state index >= 15 is 0 Å². The number of methoxy groups -OCH3 is 1. The monoisotopic (exact) mass is 380 g/mol. The van der Waals surface area contributed by atoms with Gasteiger partial charge in [-0.1, -0.05) is 0 Å². The number of amides is 1. The van der Waals surface area contributed by atoms with Gasteiger partial charge in [-0.25, -0.2) is 4.98 Å². The van der Waals surface area contributed by atoms with Crippen LogP contribution in [0.2, 0.25) is 0 Å². The summed E-state index contributed by atoms with van der Waals surface area (Å²) in [6, 6.07) is 3.63. The number of pyridine rings is 1. The topological polar surface area (TPSA) is 84.7 Å². The number of aryl methyl sites for hydroxylation is 1. The average Bonchev–Trinajstić information content (AvgIpc) is 2.61. The number of nitrogens with zero attached hydrogens (tertiary/aromatic N) is 2. The van der Waals surface area contributed by atoms with Crippen LogP contribution in [0, 0.1) is 12.3 Å². The Balaban J connectivity index is 0.00000243. The lowest BCUT2D eigenvalue weighted by atomic mass is 9.79.